The van der Waals surface area contributed by atoms with E-state index in [0.29, 0.717) is 31.9 Å². The minimum atomic E-state index is -0.267. The standard InChI is InChI=1S/C25H26FN3O/c1-19(28-15-17-29(18-16-28)24-14-8-6-12-22(24)26)25(30)27-23-13-7-5-11-21(23)20-9-3-2-4-10-20/h2-14,19H,15-18H2,1H3,(H,27,30)/t19-/m1/s1. The Balaban J connectivity index is 1.40. The van der Waals surface area contributed by atoms with Gasteiger partial charge in [-0.05, 0) is 30.7 Å². The topological polar surface area (TPSA) is 35.6 Å². The third-order valence-corrected chi connectivity index (χ3v) is 5.70. The van der Waals surface area contributed by atoms with Gasteiger partial charge in [-0.3, -0.25) is 9.69 Å². The van der Waals surface area contributed by atoms with Crippen molar-refractivity contribution in [1.82, 2.24) is 4.90 Å². The van der Waals surface area contributed by atoms with Gasteiger partial charge in [0, 0.05) is 37.4 Å². The van der Waals surface area contributed by atoms with Crippen LogP contribution in [0.15, 0.2) is 78.9 Å². The first-order chi connectivity index (χ1) is 14.6. The Morgan fingerprint density at radius 1 is 0.867 bits per heavy atom. The number of amides is 1. The number of halogens is 1. The number of nitrogens with one attached hydrogen (secondary N) is 1. The Kier molecular flexibility index (Phi) is 6.10. The number of carbonyl (C=O) groups is 1. The van der Waals surface area contributed by atoms with E-state index < -0.39 is 0 Å². The summed E-state index contributed by atoms with van der Waals surface area (Å²) in [5, 5.41) is 3.10. The second-order valence-electron chi connectivity index (χ2n) is 7.55. The lowest BCUT2D eigenvalue weighted by Gasteiger charge is -2.38. The van der Waals surface area contributed by atoms with Gasteiger partial charge in [-0.2, -0.15) is 0 Å². The molecule has 1 N–H and O–H groups in total. The molecule has 1 amide bonds. The molecule has 1 fully saturated rings. The highest BCUT2D eigenvalue weighted by Crippen LogP contribution is 2.28. The van der Waals surface area contributed by atoms with E-state index in [-0.39, 0.29) is 17.8 Å². The normalized spacial score (nSPS) is 15.6. The van der Waals surface area contributed by atoms with Crippen LogP contribution in [0.4, 0.5) is 15.8 Å². The number of para-hydroxylation sites is 2. The van der Waals surface area contributed by atoms with Gasteiger partial charge >= 0.3 is 0 Å². The van der Waals surface area contributed by atoms with Crippen molar-refractivity contribution in [3.05, 3.63) is 84.7 Å². The Morgan fingerprint density at radius 2 is 1.50 bits per heavy atom. The van der Waals surface area contributed by atoms with Crippen molar-refractivity contribution in [2.24, 2.45) is 0 Å². The summed E-state index contributed by atoms with van der Waals surface area (Å²) in [6.45, 7) is 4.74. The van der Waals surface area contributed by atoms with Gasteiger partial charge in [0.15, 0.2) is 0 Å². The van der Waals surface area contributed by atoms with Crippen LogP contribution in [0, 0.1) is 5.82 Å². The van der Waals surface area contributed by atoms with Crippen LogP contribution >= 0.6 is 0 Å². The molecule has 1 aliphatic heterocycles. The Bertz CT molecular complexity index is 1000. The van der Waals surface area contributed by atoms with Crippen molar-refractivity contribution in [1.29, 1.82) is 0 Å². The van der Waals surface area contributed by atoms with E-state index >= 15 is 0 Å². The Labute approximate surface area is 176 Å². The Hall–Kier alpha value is -3.18. The number of hydrogen-bond donors (Lipinski definition) is 1. The fourth-order valence-electron chi connectivity index (χ4n) is 3.92. The highest BCUT2D eigenvalue weighted by atomic mass is 19.1. The molecule has 0 aliphatic carbocycles. The van der Waals surface area contributed by atoms with Gasteiger partial charge in [-0.1, -0.05) is 60.7 Å². The van der Waals surface area contributed by atoms with Crippen molar-refractivity contribution in [2.75, 3.05) is 36.4 Å². The van der Waals surface area contributed by atoms with E-state index in [1.165, 1.54) is 6.07 Å². The van der Waals surface area contributed by atoms with E-state index in [0.717, 1.165) is 16.8 Å². The molecule has 5 heteroatoms. The minimum absolute atomic E-state index is 0.0299. The van der Waals surface area contributed by atoms with Crippen molar-refractivity contribution < 1.29 is 9.18 Å². The van der Waals surface area contributed by atoms with Crippen LogP contribution in [0.5, 0.6) is 0 Å². The van der Waals surface area contributed by atoms with Gasteiger partial charge in [-0.25, -0.2) is 4.39 Å². The van der Waals surface area contributed by atoms with E-state index in [1.807, 2.05) is 78.6 Å². The zero-order valence-corrected chi connectivity index (χ0v) is 17.1. The van der Waals surface area contributed by atoms with Gasteiger partial charge in [0.25, 0.3) is 0 Å². The van der Waals surface area contributed by atoms with Crippen molar-refractivity contribution in [3.63, 3.8) is 0 Å². The van der Waals surface area contributed by atoms with E-state index in [9.17, 15) is 9.18 Å². The van der Waals surface area contributed by atoms with Crippen LogP contribution in [0.3, 0.4) is 0 Å². The maximum atomic E-state index is 14.1. The highest BCUT2D eigenvalue weighted by Gasteiger charge is 2.27. The summed E-state index contributed by atoms with van der Waals surface area (Å²) in [7, 11) is 0. The number of piperazine rings is 1. The predicted octanol–water partition coefficient (Wildman–Crippen LogP) is 4.64. The lowest BCUT2D eigenvalue weighted by atomic mass is 10.0. The van der Waals surface area contributed by atoms with E-state index in [4.69, 9.17) is 0 Å². The fourth-order valence-corrected chi connectivity index (χ4v) is 3.92. The first-order valence-electron chi connectivity index (χ1n) is 10.3. The van der Waals surface area contributed by atoms with Gasteiger partial charge in [0.05, 0.1) is 11.7 Å². The van der Waals surface area contributed by atoms with Crippen LogP contribution in [-0.2, 0) is 4.79 Å². The molecule has 4 rings (SSSR count). The van der Waals surface area contributed by atoms with Gasteiger partial charge < -0.3 is 10.2 Å². The molecular weight excluding hydrogens is 377 g/mol. The third kappa shape index (κ3) is 4.36. The van der Waals surface area contributed by atoms with Crippen molar-refractivity contribution >= 4 is 17.3 Å². The van der Waals surface area contributed by atoms with Crippen LogP contribution < -0.4 is 10.2 Å². The smallest absolute Gasteiger partial charge is 0.241 e. The minimum Gasteiger partial charge on any atom is -0.367 e. The molecule has 1 heterocycles. The molecule has 1 aliphatic rings. The summed E-state index contributed by atoms with van der Waals surface area (Å²) in [5.74, 6) is -0.230. The quantitative estimate of drug-likeness (QED) is 0.674. The number of benzene rings is 3. The molecule has 0 radical (unpaired) electrons. The van der Waals surface area contributed by atoms with Crippen LogP contribution in [0.25, 0.3) is 11.1 Å². The summed E-state index contributed by atoms with van der Waals surface area (Å²) in [6, 6.07) is 24.5. The number of hydrogen-bond acceptors (Lipinski definition) is 3. The number of anilines is 2. The number of rotatable bonds is 5. The van der Waals surface area contributed by atoms with Crippen LogP contribution in [-0.4, -0.2) is 43.0 Å². The molecule has 3 aromatic carbocycles. The summed E-state index contributed by atoms with van der Waals surface area (Å²) in [4.78, 5) is 17.2. The van der Waals surface area contributed by atoms with E-state index in [2.05, 4.69) is 10.2 Å². The highest BCUT2D eigenvalue weighted by molar-refractivity contribution is 5.98. The molecule has 1 saturated heterocycles. The molecule has 154 valence electrons. The first kappa shape index (κ1) is 20.1. The lowest BCUT2D eigenvalue weighted by molar-refractivity contribution is -0.120. The van der Waals surface area contributed by atoms with Gasteiger partial charge in [-0.15, -0.1) is 0 Å². The van der Waals surface area contributed by atoms with Crippen molar-refractivity contribution in [2.45, 2.75) is 13.0 Å². The van der Waals surface area contributed by atoms with Crippen molar-refractivity contribution in [3.8, 4) is 11.1 Å². The molecule has 30 heavy (non-hydrogen) atoms. The largest absolute Gasteiger partial charge is 0.367 e. The maximum Gasteiger partial charge on any atom is 0.241 e. The SMILES string of the molecule is C[C@H](C(=O)Nc1ccccc1-c1ccccc1)N1CCN(c2ccccc2F)CC1. The Morgan fingerprint density at radius 3 is 2.23 bits per heavy atom. The molecule has 0 unspecified atom stereocenters. The second kappa shape index (κ2) is 9.09. The summed E-state index contributed by atoms with van der Waals surface area (Å²) >= 11 is 0. The molecule has 0 saturated carbocycles. The molecule has 0 aromatic heterocycles. The predicted molar refractivity (Wildman–Crippen MR) is 120 cm³/mol. The molecule has 3 aromatic rings. The average molecular weight is 404 g/mol. The molecule has 1 atom stereocenters. The fraction of sp³-hybridized carbons (Fsp3) is 0.240. The maximum absolute atomic E-state index is 14.1. The summed E-state index contributed by atoms with van der Waals surface area (Å²) in [5.41, 5.74) is 3.51. The van der Waals surface area contributed by atoms with Gasteiger partial charge in [0.2, 0.25) is 5.91 Å². The molecule has 0 bridgehead atoms. The molecule has 4 nitrogen and oxygen atoms in total. The molecular formula is C25H26FN3O. The summed E-state index contributed by atoms with van der Waals surface area (Å²) < 4.78 is 14.1. The summed E-state index contributed by atoms with van der Waals surface area (Å²) in [6.07, 6.45) is 0. The van der Waals surface area contributed by atoms with Gasteiger partial charge in [0.1, 0.15) is 5.82 Å². The van der Waals surface area contributed by atoms with E-state index in [1.54, 1.807) is 6.07 Å². The van der Waals surface area contributed by atoms with Crippen LogP contribution in [0.2, 0.25) is 0 Å². The van der Waals surface area contributed by atoms with Crippen LogP contribution in [0.1, 0.15) is 6.92 Å². The third-order valence-electron chi connectivity index (χ3n) is 5.70. The number of nitrogens with zero attached hydrogens (tertiary/aromatic N) is 2. The zero-order valence-electron chi connectivity index (χ0n) is 17.1. The monoisotopic (exact) mass is 403 g/mol. The lowest BCUT2D eigenvalue weighted by Crippen LogP contribution is -2.53. The average Bonchev–Trinajstić information content (AvgIpc) is 2.80. The second-order valence-corrected chi connectivity index (χ2v) is 7.55. The molecule has 0 spiro atoms. The first-order valence-corrected chi connectivity index (χ1v) is 10.3. The zero-order chi connectivity index (χ0) is 20.9. The number of carbonyl (C=O) groups excluding carboxylic acids is 1.